The van der Waals surface area contributed by atoms with Crippen LogP contribution in [0.15, 0.2) is 36.0 Å². The maximum atomic E-state index is 10.0. The van der Waals surface area contributed by atoms with Crippen molar-refractivity contribution in [3.63, 3.8) is 0 Å². The van der Waals surface area contributed by atoms with Gasteiger partial charge in [0.15, 0.2) is 6.29 Å². The van der Waals surface area contributed by atoms with E-state index >= 15 is 0 Å². The number of aliphatic hydroxyl groups excluding tert-OH is 2. The molecule has 4 nitrogen and oxygen atoms in total. The minimum absolute atomic E-state index is 0.100. The smallest absolute Gasteiger partial charge is 0.157 e. The molecule has 0 fully saturated rings. The Morgan fingerprint density at radius 2 is 1.90 bits per heavy atom. The second-order valence-corrected chi connectivity index (χ2v) is 5.28. The highest BCUT2D eigenvalue weighted by atomic mass is 16.7. The maximum Gasteiger partial charge on any atom is 0.157 e. The van der Waals surface area contributed by atoms with Crippen LogP contribution in [0.3, 0.4) is 0 Å². The van der Waals surface area contributed by atoms with Gasteiger partial charge in [-0.2, -0.15) is 0 Å². The lowest BCUT2D eigenvalue weighted by molar-refractivity contribution is -0.109. The first-order chi connectivity index (χ1) is 10.1. The van der Waals surface area contributed by atoms with Crippen LogP contribution in [-0.2, 0) is 9.47 Å². The zero-order chi connectivity index (χ0) is 15.7. The standard InChI is InChI=1S/C17H28O4/c1-4-5-6-7-14(18)9-10-15-13(8-11-16(15)19)12-17(20-2)21-3/h5-6,8,10-11,13-14,16-19H,4,7,9,12H2,1-3H3. The molecule has 3 atom stereocenters. The van der Waals surface area contributed by atoms with Crippen LogP contribution < -0.4 is 0 Å². The molecular weight excluding hydrogens is 268 g/mol. The molecule has 0 aromatic heterocycles. The van der Waals surface area contributed by atoms with Gasteiger partial charge < -0.3 is 19.7 Å². The summed E-state index contributed by atoms with van der Waals surface area (Å²) in [7, 11) is 3.22. The first-order valence-corrected chi connectivity index (χ1v) is 7.57. The minimum atomic E-state index is -0.567. The highest BCUT2D eigenvalue weighted by Gasteiger charge is 2.26. The summed E-state index contributed by atoms with van der Waals surface area (Å²) < 4.78 is 10.4. The highest BCUT2D eigenvalue weighted by Crippen LogP contribution is 2.30. The molecule has 21 heavy (non-hydrogen) atoms. The van der Waals surface area contributed by atoms with Crippen molar-refractivity contribution in [1.82, 2.24) is 0 Å². The molecule has 3 unspecified atom stereocenters. The van der Waals surface area contributed by atoms with Gasteiger partial charge in [0, 0.05) is 26.6 Å². The molecule has 0 heterocycles. The third-order valence-electron chi connectivity index (χ3n) is 3.70. The fourth-order valence-electron chi connectivity index (χ4n) is 2.45. The number of allylic oxidation sites excluding steroid dienone is 2. The van der Waals surface area contributed by atoms with E-state index < -0.39 is 12.2 Å². The molecule has 1 aliphatic carbocycles. The Balaban J connectivity index is 2.56. The molecule has 1 rings (SSSR count). The van der Waals surface area contributed by atoms with Gasteiger partial charge in [0.1, 0.15) is 0 Å². The van der Waals surface area contributed by atoms with Gasteiger partial charge >= 0.3 is 0 Å². The molecule has 0 radical (unpaired) electrons. The van der Waals surface area contributed by atoms with Crippen LogP contribution in [0.25, 0.3) is 0 Å². The van der Waals surface area contributed by atoms with E-state index in [1.54, 1.807) is 20.3 Å². The van der Waals surface area contributed by atoms with E-state index in [9.17, 15) is 10.2 Å². The Bertz CT molecular complexity index is 369. The van der Waals surface area contributed by atoms with Crippen LogP contribution in [0.1, 0.15) is 32.6 Å². The monoisotopic (exact) mass is 296 g/mol. The molecule has 0 aliphatic heterocycles. The number of hydrogen-bond acceptors (Lipinski definition) is 4. The van der Waals surface area contributed by atoms with Gasteiger partial charge in [-0.15, -0.1) is 0 Å². The Morgan fingerprint density at radius 3 is 2.52 bits per heavy atom. The quantitative estimate of drug-likeness (QED) is 0.507. The van der Waals surface area contributed by atoms with Crippen LogP contribution in [0.4, 0.5) is 0 Å². The van der Waals surface area contributed by atoms with E-state index in [0.717, 1.165) is 12.0 Å². The molecule has 0 aromatic carbocycles. The van der Waals surface area contributed by atoms with Crippen LogP contribution in [0, 0.1) is 5.92 Å². The highest BCUT2D eigenvalue weighted by molar-refractivity contribution is 5.29. The summed E-state index contributed by atoms with van der Waals surface area (Å²) in [6.45, 7) is 2.07. The summed E-state index contributed by atoms with van der Waals surface area (Å²) in [5.41, 5.74) is 0.924. The molecule has 0 amide bonds. The Hall–Kier alpha value is -0.940. The van der Waals surface area contributed by atoms with Crippen molar-refractivity contribution in [2.24, 2.45) is 5.92 Å². The van der Waals surface area contributed by atoms with E-state index in [1.165, 1.54) is 0 Å². The normalized spacial score (nSPS) is 25.5. The Labute approximate surface area is 127 Å². The summed E-state index contributed by atoms with van der Waals surface area (Å²) in [6, 6.07) is 0. The van der Waals surface area contributed by atoms with Crippen molar-refractivity contribution in [3.05, 3.63) is 36.0 Å². The van der Waals surface area contributed by atoms with Gasteiger partial charge in [-0.1, -0.05) is 37.3 Å². The van der Waals surface area contributed by atoms with E-state index in [2.05, 4.69) is 6.92 Å². The number of hydrogen-bond donors (Lipinski definition) is 2. The summed E-state index contributed by atoms with van der Waals surface area (Å²) in [5, 5.41) is 19.9. The van der Waals surface area contributed by atoms with Gasteiger partial charge in [-0.25, -0.2) is 0 Å². The van der Waals surface area contributed by atoms with Crippen molar-refractivity contribution < 1.29 is 19.7 Å². The molecule has 0 saturated heterocycles. The average molecular weight is 296 g/mol. The first kappa shape index (κ1) is 18.1. The van der Waals surface area contributed by atoms with Crippen molar-refractivity contribution in [1.29, 1.82) is 0 Å². The number of aliphatic hydroxyl groups is 2. The van der Waals surface area contributed by atoms with Crippen molar-refractivity contribution in [2.75, 3.05) is 14.2 Å². The second-order valence-electron chi connectivity index (χ2n) is 5.28. The first-order valence-electron chi connectivity index (χ1n) is 7.57. The average Bonchev–Trinajstić information content (AvgIpc) is 2.83. The summed E-state index contributed by atoms with van der Waals surface area (Å²) >= 11 is 0. The number of rotatable bonds is 9. The van der Waals surface area contributed by atoms with Gasteiger partial charge in [-0.05, 0) is 24.8 Å². The Morgan fingerprint density at radius 1 is 1.19 bits per heavy atom. The van der Waals surface area contributed by atoms with E-state index in [-0.39, 0.29) is 12.2 Å². The van der Waals surface area contributed by atoms with E-state index in [1.807, 2.05) is 24.3 Å². The summed E-state index contributed by atoms with van der Waals surface area (Å²) in [6.07, 6.45) is 11.3. The summed E-state index contributed by atoms with van der Waals surface area (Å²) in [4.78, 5) is 0. The van der Waals surface area contributed by atoms with Crippen molar-refractivity contribution in [2.45, 2.75) is 51.1 Å². The fraction of sp³-hybridized carbons (Fsp3) is 0.647. The number of ether oxygens (including phenoxy) is 2. The molecule has 4 heteroatoms. The van der Waals surface area contributed by atoms with E-state index in [4.69, 9.17) is 9.47 Å². The molecule has 2 N–H and O–H groups in total. The third kappa shape index (κ3) is 6.14. The molecular formula is C17H28O4. The molecule has 0 saturated carbocycles. The van der Waals surface area contributed by atoms with E-state index in [0.29, 0.717) is 19.3 Å². The fourth-order valence-corrected chi connectivity index (χ4v) is 2.45. The lowest BCUT2D eigenvalue weighted by Gasteiger charge is -2.20. The zero-order valence-electron chi connectivity index (χ0n) is 13.2. The van der Waals surface area contributed by atoms with Gasteiger partial charge in [0.25, 0.3) is 0 Å². The molecule has 0 aromatic rings. The number of methoxy groups -OCH3 is 2. The van der Waals surface area contributed by atoms with Gasteiger partial charge in [0.05, 0.1) is 12.2 Å². The predicted molar refractivity (Wildman–Crippen MR) is 83.8 cm³/mol. The van der Waals surface area contributed by atoms with Crippen LogP contribution >= 0.6 is 0 Å². The van der Waals surface area contributed by atoms with Crippen LogP contribution in [0.2, 0.25) is 0 Å². The minimum Gasteiger partial charge on any atom is -0.392 e. The molecule has 1 aliphatic rings. The topological polar surface area (TPSA) is 58.9 Å². The zero-order valence-corrected chi connectivity index (χ0v) is 13.2. The SMILES string of the molecule is CCC=CCC(O)CC=C1C(O)C=CC1CC(OC)OC. The van der Waals surface area contributed by atoms with Crippen LogP contribution in [-0.4, -0.2) is 42.9 Å². The van der Waals surface area contributed by atoms with Crippen LogP contribution in [0.5, 0.6) is 0 Å². The van der Waals surface area contributed by atoms with Gasteiger partial charge in [0.2, 0.25) is 0 Å². The summed E-state index contributed by atoms with van der Waals surface area (Å²) in [5.74, 6) is 0.100. The molecule has 0 spiro atoms. The second kappa shape index (κ2) is 9.90. The lowest BCUT2D eigenvalue weighted by Crippen LogP contribution is -2.19. The third-order valence-corrected chi connectivity index (χ3v) is 3.70. The molecule has 0 bridgehead atoms. The van der Waals surface area contributed by atoms with Crippen molar-refractivity contribution >= 4 is 0 Å². The van der Waals surface area contributed by atoms with Crippen molar-refractivity contribution in [3.8, 4) is 0 Å². The lowest BCUT2D eigenvalue weighted by atomic mass is 9.95. The Kier molecular flexibility index (Phi) is 8.54. The predicted octanol–water partition coefficient (Wildman–Crippen LogP) is 2.58. The maximum absolute atomic E-state index is 10.0. The molecule has 120 valence electrons. The largest absolute Gasteiger partial charge is 0.392 e. The van der Waals surface area contributed by atoms with Gasteiger partial charge in [-0.3, -0.25) is 0 Å².